The number of ether oxygens (including phenoxy) is 2. The summed E-state index contributed by atoms with van der Waals surface area (Å²) in [5.41, 5.74) is -2.90. The molecule has 1 saturated heterocycles. The number of esters is 1. The van der Waals surface area contributed by atoms with Crippen LogP contribution in [0, 0.1) is 22.7 Å². The minimum absolute atomic E-state index is 0.103. The van der Waals surface area contributed by atoms with Crippen molar-refractivity contribution in [3.05, 3.63) is 23.8 Å². The Morgan fingerprint density at radius 3 is 2.73 bits per heavy atom. The number of epoxide rings is 1. The lowest BCUT2D eigenvalue weighted by molar-refractivity contribution is -0.196. The molecule has 0 aromatic rings. The third-order valence-corrected chi connectivity index (χ3v) is 8.88. The van der Waals surface area contributed by atoms with Gasteiger partial charge in [0.1, 0.15) is 11.2 Å². The molecule has 1 heterocycles. The van der Waals surface area contributed by atoms with E-state index < -0.39 is 41.1 Å². The number of aliphatic hydroxyl groups excluding tert-OH is 1. The highest BCUT2D eigenvalue weighted by atomic mass is 16.6. The Morgan fingerprint density at radius 2 is 2.03 bits per heavy atom. The summed E-state index contributed by atoms with van der Waals surface area (Å²) in [6.07, 6.45) is 6.03. The summed E-state index contributed by atoms with van der Waals surface area (Å²) in [6.45, 7) is 4.64. The lowest BCUT2D eigenvalue weighted by Crippen LogP contribution is -2.66. The average molecular weight is 416 g/mol. The Bertz CT molecular complexity index is 921. The Labute approximate surface area is 175 Å². The van der Waals surface area contributed by atoms with E-state index in [2.05, 4.69) is 6.92 Å². The molecule has 8 atom stereocenters. The molecule has 3 unspecified atom stereocenters. The van der Waals surface area contributed by atoms with Gasteiger partial charge in [0, 0.05) is 37.0 Å². The molecule has 0 amide bonds. The molecule has 0 aromatic heterocycles. The van der Waals surface area contributed by atoms with Gasteiger partial charge in [0.25, 0.3) is 0 Å². The maximum atomic E-state index is 13.0. The maximum absolute atomic E-state index is 13.0. The molecule has 4 aliphatic carbocycles. The van der Waals surface area contributed by atoms with Crippen molar-refractivity contribution in [2.45, 2.75) is 69.9 Å². The Kier molecular flexibility index (Phi) is 3.95. The van der Waals surface area contributed by atoms with Gasteiger partial charge >= 0.3 is 5.97 Å². The van der Waals surface area contributed by atoms with E-state index in [4.69, 9.17) is 9.47 Å². The lowest BCUT2D eigenvalue weighted by atomic mass is 9.46. The maximum Gasteiger partial charge on any atom is 0.303 e. The zero-order valence-electron chi connectivity index (χ0n) is 17.5. The number of hydrogen-bond acceptors (Lipinski definition) is 7. The zero-order valence-corrected chi connectivity index (χ0v) is 17.5. The van der Waals surface area contributed by atoms with Crippen LogP contribution in [0.1, 0.15) is 46.5 Å². The number of rotatable bonds is 3. The minimum atomic E-state index is -1.73. The summed E-state index contributed by atoms with van der Waals surface area (Å²) in [6, 6.07) is 0. The third-order valence-electron chi connectivity index (χ3n) is 8.88. The first kappa shape index (κ1) is 20.1. The van der Waals surface area contributed by atoms with Gasteiger partial charge in [-0.05, 0) is 29.9 Å². The van der Waals surface area contributed by atoms with Crippen LogP contribution in [0.2, 0.25) is 0 Å². The van der Waals surface area contributed by atoms with E-state index in [1.165, 1.54) is 6.92 Å². The van der Waals surface area contributed by atoms with Gasteiger partial charge in [0.05, 0.1) is 12.2 Å². The van der Waals surface area contributed by atoms with Crippen LogP contribution in [-0.2, 0) is 23.9 Å². The molecule has 162 valence electrons. The second kappa shape index (κ2) is 5.90. The number of aliphatic hydroxyl groups is 2. The molecule has 3 fully saturated rings. The number of Topliss-reactive ketones (excluding diaryl/α,β-unsaturated/α-hetero) is 1. The molecule has 1 spiro atoms. The Balaban J connectivity index is 1.56. The normalized spacial score (nSPS) is 50.6. The van der Waals surface area contributed by atoms with Crippen molar-refractivity contribution in [3.63, 3.8) is 0 Å². The van der Waals surface area contributed by atoms with Crippen molar-refractivity contribution in [2.75, 3.05) is 6.61 Å². The Morgan fingerprint density at radius 1 is 1.30 bits per heavy atom. The number of carbonyl (C=O) groups excluding carboxylic acids is 3. The molecule has 2 saturated carbocycles. The zero-order chi connectivity index (χ0) is 21.7. The fraction of sp³-hybridized carbons (Fsp3) is 0.696. The van der Waals surface area contributed by atoms with Crippen molar-refractivity contribution in [2.24, 2.45) is 22.7 Å². The summed E-state index contributed by atoms with van der Waals surface area (Å²) >= 11 is 0. The monoisotopic (exact) mass is 416 g/mol. The number of ketones is 2. The largest absolute Gasteiger partial charge is 0.458 e. The second-order valence-electron chi connectivity index (χ2n) is 10.2. The third kappa shape index (κ3) is 2.18. The van der Waals surface area contributed by atoms with Gasteiger partial charge in [-0.15, -0.1) is 0 Å². The predicted octanol–water partition coefficient (Wildman–Crippen LogP) is 1.26. The van der Waals surface area contributed by atoms with E-state index >= 15 is 0 Å². The van der Waals surface area contributed by atoms with E-state index in [1.54, 1.807) is 6.08 Å². The van der Waals surface area contributed by atoms with Crippen LogP contribution in [0.25, 0.3) is 0 Å². The van der Waals surface area contributed by atoms with Gasteiger partial charge in [-0.3, -0.25) is 14.4 Å². The van der Waals surface area contributed by atoms with Gasteiger partial charge < -0.3 is 19.7 Å². The SMILES string of the molecule is CC(=O)OCC(=O)[C@]1(O)CC2OC23[C@H]2C=CC4=CC(=O)CC[C@@]4(C)C2[C@H](O)C[C@]31C. The van der Waals surface area contributed by atoms with E-state index in [1.807, 2.05) is 19.1 Å². The first-order valence-corrected chi connectivity index (χ1v) is 10.7. The van der Waals surface area contributed by atoms with Crippen LogP contribution in [0.5, 0.6) is 0 Å². The first-order chi connectivity index (χ1) is 14.0. The predicted molar refractivity (Wildman–Crippen MR) is 104 cm³/mol. The standard InChI is InChI=1S/C23H28O7/c1-12(24)29-11-17(27)22(28)10-18-23(30-18)15-5-4-13-8-14(25)6-7-20(13,2)19(15)16(26)9-21(22,23)3/h4-5,8,15-16,18-19,26,28H,6-7,9-11H2,1-3H3/t15-,16+,18?,19?,20+,21-,22+,23?/m0/s1. The summed E-state index contributed by atoms with van der Waals surface area (Å²) in [5, 5.41) is 22.9. The summed E-state index contributed by atoms with van der Waals surface area (Å²) in [7, 11) is 0. The van der Waals surface area contributed by atoms with Crippen LogP contribution >= 0.6 is 0 Å². The van der Waals surface area contributed by atoms with Gasteiger partial charge in [0.15, 0.2) is 12.4 Å². The number of carbonyl (C=O) groups is 3. The highest BCUT2D eigenvalue weighted by Crippen LogP contribution is 2.76. The number of fused-ring (bicyclic) bond motifs is 3. The van der Waals surface area contributed by atoms with Crippen molar-refractivity contribution < 1.29 is 34.1 Å². The quantitative estimate of drug-likeness (QED) is 0.526. The highest BCUT2D eigenvalue weighted by molar-refractivity contribution is 5.93. The summed E-state index contributed by atoms with van der Waals surface area (Å²) in [4.78, 5) is 36.1. The fourth-order valence-corrected chi connectivity index (χ4v) is 7.27. The molecular formula is C23H28O7. The summed E-state index contributed by atoms with van der Waals surface area (Å²) < 4.78 is 11.1. The smallest absolute Gasteiger partial charge is 0.303 e. The van der Waals surface area contributed by atoms with Crippen LogP contribution in [0.15, 0.2) is 23.8 Å². The van der Waals surface area contributed by atoms with Gasteiger partial charge in [0.2, 0.25) is 5.78 Å². The van der Waals surface area contributed by atoms with Crippen LogP contribution < -0.4 is 0 Å². The van der Waals surface area contributed by atoms with E-state index in [0.29, 0.717) is 12.8 Å². The molecule has 2 N–H and O–H groups in total. The molecule has 5 aliphatic rings. The van der Waals surface area contributed by atoms with Crippen molar-refractivity contribution in [1.82, 2.24) is 0 Å². The lowest BCUT2D eigenvalue weighted by Gasteiger charge is -2.59. The highest BCUT2D eigenvalue weighted by Gasteiger charge is 2.86. The van der Waals surface area contributed by atoms with Gasteiger partial charge in [-0.25, -0.2) is 0 Å². The van der Waals surface area contributed by atoms with Crippen LogP contribution in [0.4, 0.5) is 0 Å². The first-order valence-electron chi connectivity index (χ1n) is 10.7. The number of allylic oxidation sites excluding steroid dienone is 3. The molecule has 1 aliphatic heterocycles. The van der Waals surface area contributed by atoms with Gasteiger partial charge in [-0.2, -0.15) is 0 Å². The summed E-state index contributed by atoms with van der Waals surface area (Å²) in [5.74, 6) is -1.36. The molecule has 0 aromatic carbocycles. The average Bonchev–Trinajstić information content (AvgIpc) is 3.34. The fourth-order valence-electron chi connectivity index (χ4n) is 7.27. The second-order valence-corrected chi connectivity index (χ2v) is 10.2. The van der Waals surface area contributed by atoms with Crippen molar-refractivity contribution in [1.29, 1.82) is 0 Å². The topological polar surface area (TPSA) is 113 Å². The number of hydrogen-bond donors (Lipinski definition) is 2. The van der Waals surface area contributed by atoms with E-state index in [9.17, 15) is 24.6 Å². The van der Waals surface area contributed by atoms with Gasteiger partial charge in [-0.1, -0.05) is 26.0 Å². The molecule has 0 bridgehead atoms. The molecule has 7 heteroatoms. The molecular weight excluding hydrogens is 388 g/mol. The minimum Gasteiger partial charge on any atom is -0.458 e. The molecule has 0 radical (unpaired) electrons. The van der Waals surface area contributed by atoms with E-state index in [-0.39, 0.29) is 42.0 Å². The van der Waals surface area contributed by atoms with Crippen LogP contribution in [-0.4, -0.2) is 57.8 Å². The molecule has 7 nitrogen and oxygen atoms in total. The van der Waals surface area contributed by atoms with Crippen molar-refractivity contribution >= 4 is 17.5 Å². The Hall–Kier alpha value is -1.83. The van der Waals surface area contributed by atoms with Crippen LogP contribution in [0.3, 0.4) is 0 Å². The van der Waals surface area contributed by atoms with E-state index in [0.717, 1.165) is 5.57 Å². The molecule has 30 heavy (non-hydrogen) atoms. The van der Waals surface area contributed by atoms with Crippen molar-refractivity contribution in [3.8, 4) is 0 Å². The molecule has 5 rings (SSSR count).